The van der Waals surface area contributed by atoms with Crippen LogP contribution in [0, 0.1) is 11.8 Å². The number of anilines is 1. The first-order chi connectivity index (χ1) is 18.2. The van der Waals surface area contributed by atoms with Gasteiger partial charge in [-0.2, -0.15) is 0 Å². The summed E-state index contributed by atoms with van der Waals surface area (Å²) in [7, 11) is 0. The van der Waals surface area contributed by atoms with E-state index < -0.39 is 59.5 Å². The van der Waals surface area contributed by atoms with E-state index in [9.17, 15) is 24.6 Å². The monoisotopic (exact) mass is 538 g/mol. The van der Waals surface area contributed by atoms with Crippen molar-refractivity contribution in [3.63, 3.8) is 0 Å². The van der Waals surface area contributed by atoms with Crippen molar-refractivity contribution in [1.29, 1.82) is 0 Å². The molecule has 2 aromatic carbocycles. The highest BCUT2D eigenvalue weighted by Crippen LogP contribution is 2.65. The highest BCUT2D eigenvalue weighted by Gasteiger charge is 2.79. The maximum Gasteiger partial charge on any atom is 0.310 e. The van der Waals surface area contributed by atoms with Crippen molar-refractivity contribution in [3.05, 3.63) is 77.8 Å². The van der Waals surface area contributed by atoms with Gasteiger partial charge in [0.25, 0.3) is 5.91 Å². The molecular weight excluding hydrogens is 508 g/mol. The number of fused-ring (bicyclic) bond motifs is 1. The number of carboxylic acid groups (broad SMARTS) is 1. The summed E-state index contributed by atoms with van der Waals surface area (Å²) < 4.78 is 6.62. The number of aliphatic hydroxyl groups excluding tert-OH is 1. The summed E-state index contributed by atoms with van der Waals surface area (Å²) in [6.07, 6.45) is 2.79. The van der Waals surface area contributed by atoms with Gasteiger partial charge in [0.15, 0.2) is 0 Å². The molecule has 0 aliphatic carbocycles. The number of halogens is 1. The molecule has 2 aromatic rings. The minimum Gasteiger partial charge on any atom is -0.481 e. The summed E-state index contributed by atoms with van der Waals surface area (Å²) in [5.74, 6) is -4.15. The van der Waals surface area contributed by atoms with Gasteiger partial charge in [-0.05, 0) is 49.1 Å². The number of amides is 2. The summed E-state index contributed by atoms with van der Waals surface area (Å²) >= 11 is 6.09. The lowest BCUT2D eigenvalue weighted by Crippen LogP contribution is -2.57. The van der Waals surface area contributed by atoms with Crippen LogP contribution in [0.2, 0.25) is 5.02 Å². The van der Waals surface area contributed by atoms with Crippen LogP contribution in [0.5, 0.6) is 0 Å². The molecule has 2 unspecified atom stereocenters. The van der Waals surface area contributed by atoms with Crippen LogP contribution in [0.1, 0.15) is 37.8 Å². The Balaban J connectivity index is 1.68. The topological polar surface area (TPSA) is 107 Å². The van der Waals surface area contributed by atoms with Gasteiger partial charge in [0.05, 0.1) is 24.2 Å². The number of aliphatic hydroxyl groups is 1. The Hall–Kier alpha value is -3.20. The Labute approximate surface area is 226 Å². The Morgan fingerprint density at radius 1 is 1.21 bits per heavy atom. The average molecular weight is 539 g/mol. The number of carbonyl (C=O) groups is 3. The lowest BCUT2D eigenvalue weighted by Gasteiger charge is -2.39. The molecule has 6 atom stereocenters. The molecule has 2 N–H and O–H groups in total. The minimum absolute atomic E-state index is 0.149. The zero-order valence-corrected chi connectivity index (χ0v) is 21.9. The van der Waals surface area contributed by atoms with E-state index in [1.807, 2.05) is 13.0 Å². The van der Waals surface area contributed by atoms with Crippen molar-refractivity contribution < 1.29 is 29.3 Å². The van der Waals surface area contributed by atoms with Crippen LogP contribution in [0.4, 0.5) is 5.69 Å². The van der Waals surface area contributed by atoms with Crippen LogP contribution in [0.25, 0.3) is 0 Å². The second-order valence-corrected chi connectivity index (χ2v) is 10.7. The van der Waals surface area contributed by atoms with Crippen molar-refractivity contribution in [2.45, 2.75) is 49.5 Å². The lowest BCUT2D eigenvalue weighted by atomic mass is 9.65. The standard InChI is InChI=1S/C29H31ClN2O6/c1-3-16-31(20-12-10-19(30)11-13-20)26(35)24-29-15-14-28(4-2,38-29)23(27(36)37)22(29)25(34)32(24)21(17-33)18-8-6-5-7-9-18/h3,5-13,21-24,33H,1,4,14-17H2,2H3,(H,36,37)/t21-,22+,23-,24?,28+,29?/m1/s1. The molecule has 1 spiro atoms. The molecule has 200 valence electrons. The number of likely N-dealkylation sites (tertiary alicyclic amines) is 1. The van der Waals surface area contributed by atoms with Crippen LogP contribution >= 0.6 is 11.6 Å². The first-order valence-corrected chi connectivity index (χ1v) is 13.2. The average Bonchev–Trinajstić information content (AvgIpc) is 3.53. The van der Waals surface area contributed by atoms with E-state index >= 15 is 0 Å². The van der Waals surface area contributed by atoms with E-state index in [-0.39, 0.29) is 6.54 Å². The molecule has 2 bridgehead atoms. The lowest BCUT2D eigenvalue weighted by molar-refractivity contribution is -0.157. The van der Waals surface area contributed by atoms with E-state index in [1.54, 1.807) is 54.6 Å². The fourth-order valence-electron chi connectivity index (χ4n) is 6.90. The first kappa shape index (κ1) is 26.4. The zero-order valence-electron chi connectivity index (χ0n) is 21.1. The maximum absolute atomic E-state index is 14.6. The van der Waals surface area contributed by atoms with Crippen LogP contribution in [0.15, 0.2) is 67.3 Å². The zero-order chi connectivity index (χ0) is 27.2. The quantitative estimate of drug-likeness (QED) is 0.470. The van der Waals surface area contributed by atoms with Gasteiger partial charge in [0.1, 0.15) is 17.6 Å². The van der Waals surface area contributed by atoms with Gasteiger partial charge in [-0.1, -0.05) is 54.9 Å². The van der Waals surface area contributed by atoms with Crippen LogP contribution in [-0.2, 0) is 19.1 Å². The Kier molecular flexibility index (Phi) is 6.84. The van der Waals surface area contributed by atoms with E-state index in [4.69, 9.17) is 16.3 Å². The molecule has 3 aliphatic heterocycles. The van der Waals surface area contributed by atoms with E-state index in [0.29, 0.717) is 35.5 Å². The molecule has 3 aliphatic rings. The third kappa shape index (κ3) is 3.77. The Morgan fingerprint density at radius 2 is 1.89 bits per heavy atom. The number of hydrogen-bond acceptors (Lipinski definition) is 5. The molecule has 5 rings (SSSR count). The van der Waals surface area contributed by atoms with Crippen molar-refractivity contribution in [1.82, 2.24) is 4.90 Å². The van der Waals surface area contributed by atoms with Gasteiger partial charge in [-0.3, -0.25) is 14.4 Å². The Bertz CT molecular complexity index is 1250. The van der Waals surface area contributed by atoms with Crippen LogP contribution < -0.4 is 4.90 Å². The second kappa shape index (κ2) is 9.84. The summed E-state index contributed by atoms with van der Waals surface area (Å²) in [4.78, 5) is 44.3. The van der Waals surface area contributed by atoms with Crippen molar-refractivity contribution in [3.8, 4) is 0 Å². The highest BCUT2D eigenvalue weighted by molar-refractivity contribution is 6.30. The fraction of sp³-hybridized carbons (Fsp3) is 0.414. The van der Waals surface area contributed by atoms with Gasteiger partial charge in [-0.15, -0.1) is 6.58 Å². The summed E-state index contributed by atoms with van der Waals surface area (Å²) in [5.41, 5.74) is -1.16. The fourth-order valence-corrected chi connectivity index (χ4v) is 7.02. The third-order valence-corrected chi connectivity index (χ3v) is 8.78. The molecular formula is C29H31ClN2O6. The van der Waals surface area contributed by atoms with Gasteiger partial charge >= 0.3 is 5.97 Å². The predicted molar refractivity (Wildman–Crippen MR) is 142 cm³/mol. The van der Waals surface area contributed by atoms with Gasteiger partial charge < -0.3 is 24.7 Å². The predicted octanol–water partition coefficient (Wildman–Crippen LogP) is 3.83. The molecule has 3 saturated heterocycles. The van der Waals surface area contributed by atoms with Gasteiger partial charge in [0.2, 0.25) is 5.91 Å². The highest BCUT2D eigenvalue weighted by atomic mass is 35.5. The van der Waals surface area contributed by atoms with Gasteiger partial charge in [-0.25, -0.2) is 0 Å². The largest absolute Gasteiger partial charge is 0.481 e. The number of nitrogens with zero attached hydrogens (tertiary/aromatic N) is 2. The summed E-state index contributed by atoms with van der Waals surface area (Å²) in [6.45, 7) is 5.37. The number of rotatable bonds is 9. The molecule has 8 nitrogen and oxygen atoms in total. The number of carboxylic acids is 1. The normalized spacial score (nSPS) is 30.2. The van der Waals surface area contributed by atoms with E-state index in [1.165, 1.54) is 9.80 Å². The molecule has 3 fully saturated rings. The van der Waals surface area contributed by atoms with Crippen molar-refractivity contribution in [2.75, 3.05) is 18.1 Å². The van der Waals surface area contributed by atoms with Crippen molar-refractivity contribution in [2.24, 2.45) is 11.8 Å². The molecule has 0 saturated carbocycles. The molecule has 3 heterocycles. The Morgan fingerprint density at radius 3 is 2.47 bits per heavy atom. The molecule has 2 amide bonds. The molecule has 38 heavy (non-hydrogen) atoms. The maximum atomic E-state index is 14.6. The first-order valence-electron chi connectivity index (χ1n) is 12.8. The van der Waals surface area contributed by atoms with E-state index in [0.717, 1.165) is 0 Å². The molecule has 0 aromatic heterocycles. The van der Waals surface area contributed by atoms with Crippen LogP contribution in [0.3, 0.4) is 0 Å². The summed E-state index contributed by atoms with van der Waals surface area (Å²) in [5, 5.41) is 21.3. The smallest absolute Gasteiger partial charge is 0.310 e. The number of hydrogen-bond donors (Lipinski definition) is 2. The van der Waals surface area contributed by atoms with Crippen molar-refractivity contribution >= 4 is 35.1 Å². The third-order valence-electron chi connectivity index (χ3n) is 8.53. The van der Waals surface area contributed by atoms with E-state index in [2.05, 4.69) is 6.58 Å². The minimum atomic E-state index is -1.33. The number of carbonyl (C=O) groups excluding carboxylic acids is 2. The number of ether oxygens (including phenoxy) is 1. The second-order valence-electron chi connectivity index (χ2n) is 10.2. The SMILES string of the molecule is C=CCN(C(=O)C1N([C@H](CO)c2ccccc2)C(=O)[C@@H]2[C@H](C(=O)O)[C@]3(CC)CCC12O3)c1ccc(Cl)cc1. The van der Waals surface area contributed by atoms with Gasteiger partial charge in [0, 0.05) is 17.3 Å². The number of aliphatic carboxylic acids is 1. The summed E-state index contributed by atoms with van der Waals surface area (Å²) in [6, 6.07) is 13.7. The number of benzene rings is 2. The molecule has 0 radical (unpaired) electrons. The van der Waals surface area contributed by atoms with Crippen LogP contribution in [-0.4, -0.2) is 63.3 Å². The molecule has 9 heteroatoms.